The molecule has 2 aromatic rings. The van der Waals surface area contributed by atoms with Crippen LogP contribution >= 0.6 is 0 Å². The maximum absolute atomic E-state index is 11.8. The molecule has 86 valence electrons. The quantitative estimate of drug-likeness (QED) is 0.818. The lowest BCUT2D eigenvalue weighted by Gasteiger charge is -2.04. The van der Waals surface area contributed by atoms with E-state index in [9.17, 15) is 4.79 Å². The van der Waals surface area contributed by atoms with Crippen molar-refractivity contribution in [3.8, 4) is 0 Å². The van der Waals surface area contributed by atoms with E-state index in [4.69, 9.17) is 5.73 Å². The third kappa shape index (κ3) is 2.78. The number of carbonyl (C=O) groups is 1. The number of carbonyl (C=O) groups excluding carboxylic acids is 1. The molecule has 0 spiro atoms. The Balaban J connectivity index is 2.11. The molecule has 5 nitrogen and oxygen atoms in total. The summed E-state index contributed by atoms with van der Waals surface area (Å²) in [7, 11) is 0. The zero-order valence-electron chi connectivity index (χ0n) is 9.34. The Morgan fingerprint density at radius 3 is 2.59 bits per heavy atom. The van der Waals surface area contributed by atoms with Gasteiger partial charge in [-0.2, -0.15) is 0 Å². The highest BCUT2D eigenvalue weighted by Crippen LogP contribution is 2.08. The van der Waals surface area contributed by atoms with Crippen LogP contribution in [-0.4, -0.2) is 15.9 Å². The van der Waals surface area contributed by atoms with Crippen LogP contribution in [0.5, 0.6) is 0 Å². The summed E-state index contributed by atoms with van der Waals surface area (Å²) in [5, 5.41) is 2.72. The van der Waals surface area contributed by atoms with Crippen LogP contribution in [0.15, 0.2) is 36.7 Å². The molecule has 0 aliphatic rings. The van der Waals surface area contributed by atoms with Gasteiger partial charge in [-0.15, -0.1) is 0 Å². The summed E-state index contributed by atoms with van der Waals surface area (Å²) < 4.78 is 0. The van der Waals surface area contributed by atoms with Crippen molar-refractivity contribution in [2.24, 2.45) is 0 Å². The first-order valence-electron chi connectivity index (χ1n) is 5.11. The minimum absolute atomic E-state index is 0.233. The van der Waals surface area contributed by atoms with Gasteiger partial charge in [0.15, 0.2) is 0 Å². The lowest BCUT2D eigenvalue weighted by atomic mass is 10.2. The zero-order valence-corrected chi connectivity index (χ0v) is 9.34. The molecule has 0 aliphatic carbocycles. The van der Waals surface area contributed by atoms with Gasteiger partial charge in [0.1, 0.15) is 5.82 Å². The second kappa shape index (κ2) is 4.61. The number of rotatable bonds is 2. The number of hydrogen-bond acceptors (Lipinski definition) is 4. The minimum atomic E-state index is -0.233. The monoisotopic (exact) mass is 228 g/mol. The maximum atomic E-state index is 11.8. The fourth-order valence-corrected chi connectivity index (χ4v) is 1.28. The lowest BCUT2D eigenvalue weighted by molar-refractivity contribution is 0.102. The number of nitrogen functional groups attached to an aromatic ring is 1. The molecule has 0 aromatic carbocycles. The van der Waals surface area contributed by atoms with Crippen molar-refractivity contribution in [3.05, 3.63) is 47.9 Å². The molecule has 0 radical (unpaired) electrons. The van der Waals surface area contributed by atoms with Crippen molar-refractivity contribution in [3.63, 3.8) is 0 Å². The molecule has 0 bridgehead atoms. The maximum Gasteiger partial charge on any atom is 0.257 e. The number of amides is 1. The van der Waals surface area contributed by atoms with E-state index in [-0.39, 0.29) is 5.91 Å². The highest BCUT2D eigenvalue weighted by molar-refractivity contribution is 6.04. The third-order valence-electron chi connectivity index (χ3n) is 2.22. The van der Waals surface area contributed by atoms with Gasteiger partial charge < -0.3 is 11.1 Å². The van der Waals surface area contributed by atoms with Gasteiger partial charge in [0.05, 0.1) is 17.4 Å². The highest BCUT2D eigenvalue weighted by atomic mass is 16.1. The third-order valence-corrected chi connectivity index (χ3v) is 2.22. The van der Waals surface area contributed by atoms with E-state index >= 15 is 0 Å². The topological polar surface area (TPSA) is 80.9 Å². The van der Waals surface area contributed by atoms with Crippen LogP contribution in [-0.2, 0) is 0 Å². The van der Waals surface area contributed by atoms with Crippen molar-refractivity contribution < 1.29 is 4.79 Å². The van der Waals surface area contributed by atoms with Crippen LogP contribution < -0.4 is 11.1 Å². The van der Waals surface area contributed by atoms with Crippen LogP contribution in [0.4, 0.5) is 11.5 Å². The number of aromatic nitrogens is 2. The SMILES string of the molecule is Cc1ccc(NC(=O)c2ccc(N)nc2)cn1. The molecule has 17 heavy (non-hydrogen) atoms. The summed E-state index contributed by atoms with van der Waals surface area (Å²) in [6, 6.07) is 6.84. The minimum Gasteiger partial charge on any atom is -0.384 e. The van der Waals surface area contributed by atoms with Crippen molar-refractivity contribution in [1.29, 1.82) is 0 Å². The molecule has 0 saturated heterocycles. The van der Waals surface area contributed by atoms with Gasteiger partial charge in [0, 0.05) is 11.9 Å². The van der Waals surface area contributed by atoms with Gasteiger partial charge in [-0.3, -0.25) is 9.78 Å². The first-order valence-corrected chi connectivity index (χ1v) is 5.11. The van der Waals surface area contributed by atoms with Crippen molar-refractivity contribution in [1.82, 2.24) is 9.97 Å². The Morgan fingerprint density at radius 2 is 2.00 bits per heavy atom. The van der Waals surface area contributed by atoms with E-state index in [1.807, 2.05) is 13.0 Å². The summed E-state index contributed by atoms with van der Waals surface area (Å²) in [4.78, 5) is 19.7. The molecule has 2 rings (SSSR count). The Hall–Kier alpha value is -2.43. The zero-order chi connectivity index (χ0) is 12.3. The molecular formula is C12H12N4O. The molecule has 1 amide bonds. The molecule has 0 unspecified atom stereocenters. The van der Waals surface area contributed by atoms with Crippen LogP contribution in [0.3, 0.4) is 0 Å². The largest absolute Gasteiger partial charge is 0.384 e. The van der Waals surface area contributed by atoms with Crippen molar-refractivity contribution in [2.75, 3.05) is 11.1 Å². The van der Waals surface area contributed by atoms with E-state index < -0.39 is 0 Å². The van der Waals surface area contributed by atoms with E-state index in [1.54, 1.807) is 24.4 Å². The molecule has 0 saturated carbocycles. The number of hydrogen-bond donors (Lipinski definition) is 2. The molecular weight excluding hydrogens is 216 g/mol. The Labute approximate surface area is 98.7 Å². The van der Waals surface area contributed by atoms with Crippen LogP contribution in [0, 0.1) is 6.92 Å². The molecule has 2 heterocycles. The standard InChI is InChI=1S/C12H12N4O/c1-8-2-4-10(7-14-8)16-12(17)9-3-5-11(13)15-6-9/h2-7H,1H3,(H2,13,15)(H,16,17). The predicted octanol–water partition coefficient (Wildman–Crippen LogP) is 1.62. The van der Waals surface area contributed by atoms with Gasteiger partial charge >= 0.3 is 0 Å². The molecule has 0 aliphatic heterocycles. The van der Waals surface area contributed by atoms with Gasteiger partial charge in [-0.1, -0.05) is 0 Å². The molecule has 5 heteroatoms. The van der Waals surface area contributed by atoms with Crippen LogP contribution in [0.25, 0.3) is 0 Å². The van der Waals surface area contributed by atoms with E-state index in [0.29, 0.717) is 17.1 Å². The fourth-order valence-electron chi connectivity index (χ4n) is 1.28. The van der Waals surface area contributed by atoms with Crippen LogP contribution in [0.1, 0.15) is 16.1 Å². The van der Waals surface area contributed by atoms with Gasteiger partial charge in [0.2, 0.25) is 0 Å². The normalized spacial score (nSPS) is 9.94. The average molecular weight is 228 g/mol. The summed E-state index contributed by atoms with van der Waals surface area (Å²) in [5.41, 5.74) is 7.45. The number of nitrogens with one attached hydrogen (secondary N) is 1. The number of nitrogens with two attached hydrogens (primary N) is 1. The smallest absolute Gasteiger partial charge is 0.257 e. The molecule has 2 aromatic heterocycles. The predicted molar refractivity (Wildman–Crippen MR) is 65.6 cm³/mol. The Kier molecular flexibility index (Phi) is 3.00. The summed E-state index contributed by atoms with van der Waals surface area (Å²) in [6.45, 7) is 1.88. The van der Waals surface area contributed by atoms with E-state index in [1.165, 1.54) is 6.20 Å². The van der Waals surface area contributed by atoms with Gasteiger partial charge in [-0.05, 0) is 31.2 Å². The van der Waals surface area contributed by atoms with Crippen molar-refractivity contribution >= 4 is 17.4 Å². The number of anilines is 2. The summed E-state index contributed by atoms with van der Waals surface area (Å²) >= 11 is 0. The van der Waals surface area contributed by atoms with E-state index in [0.717, 1.165) is 5.69 Å². The first kappa shape index (κ1) is 11.1. The van der Waals surface area contributed by atoms with Gasteiger partial charge in [-0.25, -0.2) is 4.98 Å². The molecule has 3 N–H and O–H groups in total. The molecule has 0 fully saturated rings. The molecule has 0 atom stereocenters. The van der Waals surface area contributed by atoms with Crippen molar-refractivity contribution in [2.45, 2.75) is 6.92 Å². The Morgan fingerprint density at radius 1 is 1.18 bits per heavy atom. The van der Waals surface area contributed by atoms with E-state index in [2.05, 4.69) is 15.3 Å². The highest BCUT2D eigenvalue weighted by Gasteiger charge is 2.06. The van der Waals surface area contributed by atoms with Gasteiger partial charge in [0.25, 0.3) is 5.91 Å². The number of pyridine rings is 2. The fraction of sp³-hybridized carbons (Fsp3) is 0.0833. The second-order valence-electron chi connectivity index (χ2n) is 3.61. The summed E-state index contributed by atoms with van der Waals surface area (Å²) in [5.74, 6) is 0.154. The Bertz CT molecular complexity index is 519. The number of nitrogens with zero attached hydrogens (tertiary/aromatic N) is 2. The second-order valence-corrected chi connectivity index (χ2v) is 3.61. The van der Waals surface area contributed by atoms with Crippen LogP contribution in [0.2, 0.25) is 0 Å². The first-order chi connectivity index (χ1) is 8.15. The lowest BCUT2D eigenvalue weighted by Crippen LogP contribution is -2.12. The average Bonchev–Trinajstić information content (AvgIpc) is 2.33. The number of aryl methyl sites for hydroxylation is 1. The summed E-state index contributed by atoms with van der Waals surface area (Å²) in [6.07, 6.45) is 3.05.